The Morgan fingerprint density at radius 1 is 0.457 bits per heavy atom. The monoisotopic (exact) mass is 558 g/mol. The van der Waals surface area contributed by atoms with E-state index in [1.807, 2.05) is 0 Å². The molecule has 0 aromatic heterocycles. The number of unbranched alkanes of at least 4 members (excludes halogenated alkanes) is 13. The SMILES string of the molecule is CCCCCCC(CCCC)(CCCCCC)C(CCCCCC)(CCCCCC)P(=O)([O-])[O-].[Ni+2]. The molecule has 5 heteroatoms. The van der Waals surface area contributed by atoms with E-state index < -0.39 is 12.8 Å². The van der Waals surface area contributed by atoms with Crippen molar-refractivity contribution >= 4 is 7.60 Å². The standard InChI is InChI=1S/C30H63O3P.Ni/c1-6-11-16-20-25-29(24-15-10-5,26-21-17-12-7-2)30(34(31,32)33,27-22-18-13-8-3)28-23-19-14-9-4;/h6-28H2,1-5H3,(H2,31,32,33);/q;+2/p-2. The van der Waals surface area contributed by atoms with Gasteiger partial charge in [0, 0.05) is 5.16 Å². The van der Waals surface area contributed by atoms with Crippen molar-refractivity contribution in [3.05, 3.63) is 0 Å². The van der Waals surface area contributed by atoms with E-state index in [1.165, 1.54) is 25.7 Å². The maximum atomic E-state index is 13.4. The third-order valence-electron chi connectivity index (χ3n) is 8.43. The zero-order chi connectivity index (χ0) is 25.8. The van der Waals surface area contributed by atoms with Crippen molar-refractivity contribution in [1.82, 2.24) is 0 Å². The average molecular weight is 559 g/mol. The number of hydrogen-bond donors (Lipinski definition) is 0. The Kier molecular flexibility index (Phi) is 24.4. The molecule has 3 nitrogen and oxygen atoms in total. The van der Waals surface area contributed by atoms with E-state index in [1.54, 1.807) is 0 Å². The van der Waals surface area contributed by atoms with Gasteiger partial charge in [0.2, 0.25) is 0 Å². The molecule has 0 radical (unpaired) electrons. The van der Waals surface area contributed by atoms with Gasteiger partial charge < -0.3 is 14.4 Å². The first-order chi connectivity index (χ1) is 16.3. The number of rotatable bonds is 25. The molecule has 35 heavy (non-hydrogen) atoms. The van der Waals surface area contributed by atoms with Crippen LogP contribution in [0.4, 0.5) is 0 Å². The molecule has 0 saturated carbocycles. The summed E-state index contributed by atoms with van der Waals surface area (Å²) in [7, 11) is -4.78. The van der Waals surface area contributed by atoms with Gasteiger partial charge in [-0.2, -0.15) is 0 Å². The average Bonchev–Trinajstić information content (AvgIpc) is 2.81. The summed E-state index contributed by atoms with van der Waals surface area (Å²) >= 11 is 0. The molecule has 0 unspecified atom stereocenters. The molecule has 0 aromatic rings. The van der Waals surface area contributed by atoms with Crippen LogP contribution in [0.1, 0.15) is 182 Å². The summed E-state index contributed by atoms with van der Waals surface area (Å²) in [6.45, 7) is 11.0. The van der Waals surface area contributed by atoms with Crippen molar-refractivity contribution in [2.75, 3.05) is 0 Å². The van der Waals surface area contributed by atoms with Gasteiger partial charge in [-0.3, -0.25) is 0 Å². The van der Waals surface area contributed by atoms with E-state index >= 15 is 0 Å². The molecule has 0 amide bonds. The Labute approximate surface area is 230 Å². The second-order valence-electron chi connectivity index (χ2n) is 11.2. The van der Waals surface area contributed by atoms with Gasteiger partial charge in [-0.15, -0.1) is 0 Å². The summed E-state index contributed by atoms with van der Waals surface area (Å²) < 4.78 is 13.4. The van der Waals surface area contributed by atoms with E-state index in [9.17, 15) is 14.4 Å². The van der Waals surface area contributed by atoms with E-state index in [2.05, 4.69) is 34.6 Å². The summed E-state index contributed by atoms with van der Waals surface area (Å²) in [6.07, 6.45) is 23.6. The van der Waals surface area contributed by atoms with E-state index in [0.29, 0.717) is 12.8 Å². The van der Waals surface area contributed by atoms with Gasteiger partial charge in [0.05, 0.1) is 0 Å². The third kappa shape index (κ3) is 13.8. The van der Waals surface area contributed by atoms with Crippen LogP contribution in [0.5, 0.6) is 0 Å². The molecule has 0 fully saturated rings. The van der Waals surface area contributed by atoms with Crippen LogP contribution in [-0.2, 0) is 21.1 Å². The minimum atomic E-state index is -4.78. The van der Waals surface area contributed by atoms with Crippen LogP contribution in [0.2, 0.25) is 0 Å². The van der Waals surface area contributed by atoms with Crippen molar-refractivity contribution in [3.8, 4) is 0 Å². The normalized spacial score (nSPS) is 12.7. The predicted molar refractivity (Wildman–Crippen MR) is 147 cm³/mol. The molecular formula is C30H61NiO3P. The molecule has 0 heterocycles. The molecule has 0 spiro atoms. The van der Waals surface area contributed by atoms with Gasteiger partial charge in [0.1, 0.15) is 0 Å². The Bertz CT molecular complexity index is 482. The van der Waals surface area contributed by atoms with Gasteiger partial charge in [0.25, 0.3) is 0 Å². The van der Waals surface area contributed by atoms with Crippen LogP contribution >= 0.6 is 7.60 Å². The Hall–Kier alpha value is 0.644. The van der Waals surface area contributed by atoms with E-state index in [0.717, 1.165) is 109 Å². The van der Waals surface area contributed by atoms with E-state index in [-0.39, 0.29) is 21.9 Å². The molecule has 0 rings (SSSR count). The summed E-state index contributed by atoms with van der Waals surface area (Å²) in [6, 6.07) is 0. The first-order valence-corrected chi connectivity index (χ1v) is 16.9. The van der Waals surface area contributed by atoms with Crippen LogP contribution in [0, 0.1) is 5.41 Å². The van der Waals surface area contributed by atoms with Crippen molar-refractivity contribution in [1.29, 1.82) is 0 Å². The molecule has 0 saturated heterocycles. The molecule has 0 aliphatic rings. The quantitative estimate of drug-likeness (QED) is 0.0636. The van der Waals surface area contributed by atoms with E-state index in [4.69, 9.17) is 0 Å². The smallest absolute Gasteiger partial charge is 0.810 e. The first-order valence-electron chi connectivity index (χ1n) is 15.3. The maximum absolute atomic E-state index is 13.4. The van der Waals surface area contributed by atoms with Crippen molar-refractivity contribution < 1.29 is 30.8 Å². The fourth-order valence-electron chi connectivity index (χ4n) is 6.28. The molecule has 0 aliphatic heterocycles. The summed E-state index contributed by atoms with van der Waals surface area (Å²) in [5.74, 6) is 0. The van der Waals surface area contributed by atoms with Crippen molar-refractivity contribution in [3.63, 3.8) is 0 Å². The Morgan fingerprint density at radius 3 is 1.03 bits per heavy atom. The van der Waals surface area contributed by atoms with Crippen LogP contribution in [0.3, 0.4) is 0 Å². The molecule has 0 aliphatic carbocycles. The summed E-state index contributed by atoms with van der Waals surface area (Å²) in [5.41, 5.74) is -0.345. The fraction of sp³-hybridized carbons (Fsp3) is 1.00. The van der Waals surface area contributed by atoms with Gasteiger partial charge in [-0.05, 0) is 37.5 Å². The Balaban J connectivity index is 0. The number of hydrogen-bond acceptors (Lipinski definition) is 3. The second-order valence-corrected chi connectivity index (χ2v) is 13.0. The fourth-order valence-corrected chi connectivity index (χ4v) is 8.06. The van der Waals surface area contributed by atoms with Crippen molar-refractivity contribution in [2.45, 2.75) is 187 Å². The van der Waals surface area contributed by atoms with Crippen LogP contribution < -0.4 is 9.79 Å². The summed E-state index contributed by atoms with van der Waals surface area (Å²) in [5, 5.41) is -1.06. The van der Waals surface area contributed by atoms with Gasteiger partial charge in [-0.1, -0.05) is 158 Å². The molecule has 0 N–H and O–H groups in total. The molecule has 0 bridgehead atoms. The van der Waals surface area contributed by atoms with Crippen LogP contribution in [0.15, 0.2) is 0 Å². The molecule has 0 aromatic carbocycles. The molecule has 214 valence electrons. The second kappa shape index (κ2) is 22.6. The van der Waals surface area contributed by atoms with Gasteiger partial charge in [-0.25, -0.2) is 0 Å². The van der Waals surface area contributed by atoms with Gasteiger partial charge in [0.15, 0.2) is 0 Å². The topological polar surface area (TPSA) is 63.2 Å². The zero-order valence-corrected chi connectivity index (χ0v) is 26.1. The van der Waals surface area contributed by atoms with Gasteiger partial charge >= 0.3 is 16.5 Å². The van der Waals surface area contributed by atoms with Crippen LogP contribution in [0.25, 0.3) is 0 Å². The van der Waals surface area contributed by atoms with Crippen LogP contribution in [-0.4, -0.2) is 5.16 Å². The zero-order valence-electron chi connectivity index (χ0n) is 24.3. The molecular weight excluding hydrogens is 498 g/mol. The Morgan fingerprint density at radius 2 is 0.743 bits per heavy atom. The summed E-state index contributed by atoms with van der Waals surface area (Å²) in [4.78, 5) is 26.9. The first kappa shape index (κ1) is 37.8. The maximum Gasteiger partial charge on any atom is 2.00 e. The minimum absolute atomic E-state index is 0. The van der Waals surface area contributed by atoms with Crippen molar-refractivity contribution in [2.24, 2.45) is 5.41 Å². The minimum Gasteiger partial charge on any atom is -0.810 e. The molecule has 0 atom stereocenters. The third-order valence-corrected chi connectivity index (χ3v) is 10.4. The predicted octanol–water partition coefficient (Wildman–Crippen LogP) is 9.69. The largest absolute Gasteiger partial charge is 2.00 e.